The van der Waals surface area contributed by atoms with Gasteiger partial charge in [0.1, 0.15) is 23.7 Å². The van der Waals surface area contributed by atoms with Crippen LogP contribution in [0.15, 0.2) is 54.7 Å². The van der Waals surface area contributed by atoms with E-state index in [9.17, 15) is 10.1 Å². The Kier molecular flexibility index (Phi) is 5.24. The molecule has 32 heavy (non-hydrogen) atoms. The molecule has 6 heteroatoms. The van der Waals surface area contributed by atoms with Crippen molar-refractivity contribution in [2.45, 2.75) is 31.3 Å². The van der Waals surface area contributed by atoms with E-state index in [-0.39, 0.29) is 18.0 Å². The Labute approximate surface area is 186 Å². The Morgan fingerprint density at radius 2 is 2.12 bits per heavy atom. The van der Waals surface area contributed by atoms with E-state index in [0.717, 1.165) is 46.7 Å². The van der Waals surface area contributed by atoms with Gasteiger partial charge in [-0.25, -0.2) is 0 Å². The monoisotopic (exact) mass is 426 g/mol. The summed E-state index contributed by atoms with van der Waals surface area (Å²) >= 11 is 0. The van der Waals surface area contributed by atoms with Crippen LogP contribution in [0.25, 0.3) is 11.3 Å². The van der Waals surface area contributed by atoms with Crippen molar-refractivity contribution in [3.63, 3.8) is 0 Å². The summed E-state index contributed by atoms with van der Waals surface area (Å²) in [6.45, 7) is 0.467. The largest absolute Gasteiger partial charge is 0.492 e. The first-order valence-electron chi connectivity index (χ1n) is 10.7. The van der Waals surface area contributed by atoms with Crippen molar-refractivity contribution in [1.82, 2.24) is 4.98 Å². The summed E-state index contributed by atoms with van der Waals surface area (Å²) in [5.41, 5.74) is 5.60. The van der Waals surface area contributed by atoms with Crippen LogP contribution in [-0.2, 0) is 16.0 Å². The Balaban J connectivity index is 1.39. The van der Waals surface area contributed by atoms with E-state index in [0.29, 0.717) is 18.6 Å². The number of aromatic nitrogens is 1. The number of benzene rings is 2. The standard InChI is InChI=1S/C26H22N2O4/c1-30-25(29)12-17-15-31-24-13-18(7-8-19(17)24)32-23-10-9-20-21(23)5-2-6-22(20)26-16(14-27)4-3-11-28-26/h2-8,11,13,17,23H,9-10,12,15H2,1H3/t17-,23-/m1/s1. The summed E-state index contributed by atoms with van der Waals surface area (Å²) in [6, 6.07) is 17.7. The van der Waals surface area contributed by atoms with Gasteiger partial charge in [-0.1, -0.05) is 24.3 Å². The second-order valence-electron chi connectivity index (χ2n) is 8.02. The Morgan fingerprint density at radius 1 is 1.22 bits per heavy atom. The van der Waals surface area contributed by atoms with Gasteiger partial charge in [0.05, 0.1) is 31.4 Å². The highest BCUT2D eigenvalue weighted by molar-refractivity contribution is 5.72. The number of nitrogens with zero attached hydrogens (tertiary/aromatic N) is 2. The van der Waals surface area contributed by atoms with Gasteiger partial charge in [0.25, 0.3) is 0 Å². The number of carbonyl (C=O) groups excluding carboxylic acids is 1. The molecular formula is C26H22N2O4. The number of fused-ring (bicyclic) bond motifs is 2. The SMILES string of the molecule is COC(=O)C[C@@H]1COc2cc(O[C@@H]3CCc4c(-c5ncccc5C#N)cccc43)ccc21. The van der Waals surface area contributed by atoms with E-state index < -0.39 is 0 Å². The molecule has 160 valence electrons. The zero-order chi connectivity index (χ0) is 22.1. The number of carbonyl (C=O) groups is 1. The van der Waals surface area contributed by atoms with Crippen LogP contribution in [-0.4, -0.2) is 24.7 Å². The van der Waals surface area contributed by atoms with E-state index in [2.05, 4.69) is 17.1 Å². The maximum atomic E-state index is 11.6. The number of esters is 1. The van der Waals surface area contributed by atoms with E-state index in [1.54, 1.807) is 18.3 Å². The van der Waals surface area contributed by atoms with Gasteiger partial charge in [-0.2, -0.15) is 5.26 Å². The van der Waals surface area contributed by atoms with Crippen molar-refractivity contribution in [1.29, 1.82) is 5.26 Å². The predicted molar refractivity (Wildman–Crippen MR) is 117 cm³/mol. The first kappa shape index (κ1) is 20.1. The summed E-state index contributed by atoms with van der Waals surface area (Å²) in [6.07, 6.45) is 3.66. The van der Waals surface area contributed by atoms with Crippen LogP contribution in [0.5, 0.6) is 11.5 Å². The zero-order valence-corrected chi connectivity index (χ0v) is 17.7. The maximum absolute atomic E-state index is 11.6. The second-order valence-corrected chi connectivity index (χ2v) is 8.02. The first-order valence-corrected chi connectivity index (χ1v) is 10.7. The van der Waals surface area contributed by atoms with Gasteiger partial charge in [0.2, 0.25) is 0 Å². The van der Waals surface area contributed by atoms with E-state index in [1.807, 2.05) is 30.3 Å². The van der Waals surface area contributed by atoms with Crippen molar-refractivity contribution < 1.29 is 19.0 Å². The molecule has 2 aromatic carbocycles. The van der Waals surface area contributed by atoms with Crippen molar-refractivity contribution in [3.05, 3.63) is 77.0 Å². The maximum Gasteiger partial charge on any atom is 0.306 e. The van der Waals surface area contributed by atoms with Crippen LogP contribution in [0.3, 0.4) is 0 Å². The molecule has 1 aromatic heterocycles. The molecule has 1 aliphatic carbocycles. The van der Waals surface area contributed by atoms with Gasteiger partial charge in [0, 0.05) is 29.3 Å². The lowest BCUT2D eigenvalue weighted by Crippen LogP contribution is -2.09. The number of methoxy groups -OCH3 is 1. The number of hydrogen-bond acceptors (Lipinski definition) is 6. The molecule has 0 saturated carbocycles. The molecule has 5 rings (SSSR count). The highest BCUT2D eigenvalue weighted by Crippen LogP contribution is 2.43. The highest BCUT2D eigenvalue weighted by Gasteiger charge is 2.30. The third-order valence-corrected chi connectivity index (χ3v) is 6.18. The molecule has 0 N–H and O–H groups in total. The fourth-order valence-electron chi connectivity index (χ4n) is 4.62. The Hall–Kier alpha value is -3.85. The molecule has 2 aliphatic rings. The number of pyridine rings is 1. The molecule has 0 amide bonds. The van der Waals surface area contributed by atoms with E-state index in [1.165, 1.54) is 12.7 Å². The van der Waals surface area contributed by atoms with Gasteiger partial charge in [-0.15, -0.1) is 0 Å². The van der Waals surface area contributed by atoms with Gasteiger partial charge >= 0.3 is 5.97 Å². The molecule has 0 spiro atoms. The van der Waals surface area contributed by atoms with E-state index >= 15 is 0 Å². The molecule has 3 aromatic rings. The number of hydrogen-bond donors (Lipinski definition) is 0. The Morgan fingerprint density at radius 3 is 2.97 bits per heavy atom. The first-order chi connectivity index (χ1) is 15.7. The molecular weight excluding hydrogens is 404 g/mol. The second kappa shape index (κ2) is 8.35. The zero-order valence-electron chi connectivity index (χ0n) is 17.7. The van der Waals surface area contributed by atoms with Crippen molar-refractivity contribution in [2.24, 2.45) is 0 Å². The summed E-state index contributed by atoms with van der Waals surface area (Å²) in [7, 11) is 1.40. The van der Waals surface area contributed by atoms with Crippen molar-refractivity contribution >= 4 is 5.97 Å². The molecule has 2 heterocycles. The molecule has 0 fully saturated rings. The average Bonchev–Trinajstić information content (AvgIpc) is 3.43. The minimum absolute atomic E-state index is 0.00830. The minimum Gasteiger partial charge on any atom is -0.492 e. The van der Waals surface area contributed by atoms with Crippen LogP contribution in [0.4, 0.5) is 0 Å². The van der Waals surface area contributed by atoms with Gasteiger partial charge in [-0.3, -0.25) is 9.78 Å². The van der Waals surface area contributed by atoms with Crippen molar-refractivity contribution in [2.75, 3.05) is 13.7 Å². The molecule has 2 atom stereocenters. The summed E-state index contributed by atoms with van der Waals surface area (Å²) in [5, 5.41) is 9.48. The van der Waals surface area contributed by atoms with Crippen LogP contribution in [0.2, 0.25) is 0 Å². The van der Waals surface area contributed by atoms with Crippen LogP contribution >= 0.6 is 0 Å². The summed E-state index contributed by atoms with van der Waals surface area (Å²) < 4.78 is 16.9. The lowest BCUT2D eigenvalue weighted by atomic mass is 9.97. The number of rotatable bonds is 5. The topological polar surface area (TPSA) is 81.4 Å². The average molecular weight is 426 g/mol. The van der Waals surface area contributed by atoms with Crippen molar-refractivity contribution in [3.8, 4) is 28.8 Å². The lowest BCUT2D eigenvalue weighted by Gasteiger charge is -2.16. The molecule has 0 bridgehead atoms. The third kappa shape index (κ3) is 3.56. The molecule has 0 saturated heterocycles. The molecule has 0 radical (unpaired) electrons. The fourth-order valence-corrected chi connectivity index (χ4v) is 4.62. The van der Waals surface area contributed by atoms with Crippen LogP contribution in [0.1, 0.15) is 47.1 Å². The minimum atomic E-state index is -0.238. The lowest BCUT2D eigenvalue weighted by molar-refractivity contribution is -0.141. The number of ether oxygens (including phenoxy) is 3. The third-order valence-electron chi connectivity index (χ3n) is 6.18. The Bertz CT molecular complexity index is 1230. The molecule has 1 aliphatic heterocycles. The smallest absolute Gasteiger partial charge is 0.306 e. The van der Waals surface area contributed by atoms with E-state index in [4.69, 9.17) is 14.2 Å². The molecule has 0 unspecified atom stereocenters. The van der Waals surface area contributed by atoms with Gasteiger partial charge in [-0.05, 0) is 42.2 Å². The number of nitriles is 1. The van der Waals surface area contributed by atoms with Gasteiger partial charge in [0.15, 0.2) is 0 Å². The quantitative estimate of drug-likeness (QED) is 0.549. The highest BCUT2D eigenvalue weighted by atomic mass is 16.5. The van der Waals surface area contributed by atoms with Crippen LogP contribution in [0, 0.1) is 11.3 Å². The predicted octanol–water partition coefficient (Wildman–Crippen LogP) is 4.73. The fraction of sp³-hybridized carbons (Fsp3) is 0.269. The van der Waals surface area contributed by atoms with Gasteiger partial charge < -0.3 is 14.2 Å². The summed E-state index contributed by atoms with van der Waals surface area (Å²) in [5.74, 6) is 1.27. The normalized spacial score (nSPS) is 18.2. The molecule has 6 nitrogen and oxygen atoms in total. The summed E-state index contributed by atoms with van der Waals surface area (Å²) in [4.78, 5) is 16.1. The van der Waals surface area contributed by atoms with Crippen LogP contribution < -0.4 is 9.47 Å².